The average Bonchev–Trinajstić information content (AvgIpc) is 3.40. The van der Waals surface area contributed by atoms with Gasteiger partial charge in [0.05, 0.1) is 29.8 Å². The highest BCUT2D eigenvalue weighted by atomic mass is 35.5. The van der Waals surface area contributed by atoms with Gasteiger partial charge in [-0.05, 0) is 74.4 Å². The fraction of sp³-hybridized carbons (Fsp3) is 0.472. The molecule has 7 nitrogen and oxygen atoms in total. The number of nitrogens with zero attached hydrogens (tertiary/aromatic N) is 3. The van der Waals surface area contributed by atoms with Gasteiger partial charge in [0.1, 0.15) is 29.7 Å². The quantitative estimate of drug-likeness (QED) is 0.101. The number of imidazole rings is 1. The molecule has 0 amide bonds. The van der Waals surface area contributed by atoms with Crippen LogP contribution in [0.4, 0.5) is 0 Å². The van der Waals surface area contributed by atoms with Gasteiger partial charge in [-0.15, -0.1) is 0 Å². The van der Waals surface area contributed by atoms with Crippen LogP contribution in [0.3, 0.4) is 0 Å². The van der Waals surface area contributed by atoms with Crippen LogP contribution in [0.1, 0.15) is 52.5 Å². The van der Waals surface area contributed by atoms with Crippen molar-refractivity contribution in [2.45, 2.75) is 59.9 Å². The molecule has 4 rings (SSSR count). The second-order valence-corrected chi connectivity index (χ2v) is 11.3. The van der Waals surface area contributed by atoms with Gasteiger partial charge in [0, 0.05) is 43.2 Å². The topological polar surface area (TPSA) is 60.8 Å². The van der Waals surface area contributed by atoms with Gasteiger partial charge in [-0.3, -0.25) is 0 Å². The number of aromatic nitrogens is 2. The van der Waals surface area contributed by atoms with E-state index in [1.54, 1.807) is 0 Å². The van der Waals surface area contributed by atoms with Crippen molar-refractivity contribution in [3.05, 3.63) is 71.2 Å². The van der Waals surface area contributed by atoms with E-state index < -0.39 is 0 Å². The Bertz CT molecular complexity index is 1420. The number of unbranched alkanes of at least 4 members (excludes halogenated alkanes) is 1. The van der Waals surface area contributed by atoms with E-state index in [1.807, 2.05) is 42.5 Å². The van der Waals surface area contributed by atoms with Gasteiger partial charge in [-0.2, -0.15) is 0 Å². The van der Waals surface area contributed by atoms with E-state index in [4.69, 9.17) is 30.8 Å². The van der Waals surface area contributed by atoms with Gasteiger partial charge < -0.3 is 29.0 Å². The summed E-state index contributed by atoms with van der Waals surface area (Å²) in [6, 6.07) is 20.2. The molecule has 3 aromatic carbocycles. The standard InChI is InChI=1S/C36H49ClN4O3/c1-5-9-22-41-34-26-30(42-23-10-21-40(7-3)8-4)16-18-33(34)39-36(41)32-17-15-31(27-35(32)44-25-20-38-6-2)43-24-19-28-11-13-29(37)14-12-28/h11-18,26-27,38H,5-10,19-25H2,1-4H3. The molecule has 1 heterocycles. The third kappa shape index (κ3) is 9.62. The molecule has 0 unspecified atom stereocenters. The number of nitrogens with one attached hydrogen (secondary N) is 1. The average molecular weight is 621 g/mol. The van der Waals surface area contributed by atoms with Crippen LogP contribution in [0.15, 0.2) is 60.7 Å². The van der Waals surface area contributed by atoms with Crippen LogP contribution in [0.25, 0.3) is 22.4 Å². The van der Waals surface area contributed by atoms with Crippen LogP contribution in [0, 0.1) is 0 Å². The van der Waals surface area contributed by atoms with Crippen molar-refractivity contribution in [1.29, 1.82) is 0 Å². The summed E-state index contributed by atoms with van der Waals surface area (Å²) in [5.74, 6) is 3.33. The number of ether oxygens (including phenoxy) is 3. The summed E-state index contributed by atoms with van der Waals surface area (Å²) < 4.78 is 21.0. The minimum atomic E-state index is 0.551. The third-order valence-electron chi connectivity index (χ3n) is 7.79. The normalized spacial score (nSPS) is 11.4. The largest absolute Gasteiger partial charge is 0.493 e. The van der Waals surface area contributed by atoms with Gasteiger partial charge in [0.15, 0.2) is 0 Å². The lowest BCUT2D eigenvalue weighted by Crippen LogP contribution is -2.25. The molecular formula is C36H49ClN4O3. The fourth-order valence-electron chi connectivity index (χ4n) is 5.20. The zero-order valence-electron chi connectivity index (χ0n) is 26.9. The number of hydrogen-bond donors (Lipinski definition) is 1. The minimum Gasteiger partial charge on any atom is -0.493 e. The summed E-state index contributed by atoms with van der Waals surface area (Å²) in [6.07, 6.45) is 3.94. The summed E-state index contributed by atoms with van der Waals surface area (Å²) in [4.78, 5) is 7.54. The predicted molar refractivity (Wildman–Crippen MR) is 183 cm³/mol. The molecule has 0 aliphatic carbocycles. The van der Waals surface area contributed by atoms with Gasteiger partial charge in [-0.25, -0.2) is 4.98 Å². The van der Waals surface area contributed by atoms with E-state index in [0.29, 0.717) is 19.8 Å². The number of halogens is 1. The lowest BCUT2D eigenvalue weighted by atomic mass is 10.1. The molecule has 1 aromatic heterocycles. The molecule has 0 radical (unpaired) electrons. The van der Waals surface area contributed by atoms with E-state index in [-0.39, 0.29) is 0 Å². The second-order valence-electron chi connectivity index (χ2n) is 10.9. The molecular weight excluding hydrogens is 572 g/mol. The molecule has 4 aromatic rings. The van der Waals surface area contributed by atoms with Crippen molar-refractivity contribution in [3.8, 4) is 28.6 Å². The zero-order valence-corrected chi connectivity index (χ0v) is 27.7. The Morgan fingerprint density at radius 1 is 0.818 bits per heavy atom. The van der Waals surface area contributed by atoms with Crippen LogP contribution in [-0.4, -0.2) is 67.0 Å². The number of rotatable bonds is 20. The van der Waals surface area contributed by atoms with E-state index in [9.17, 15) is 0 Å². The smallest absolute Gasteiger partial charge is 0.144 e. The summed E-state index contributed by atoms with van der Waals surface area (Å²) in [7, 11) is 0. The van der Waals surface area contributed by atoms with Gasteiger partial charge in [0.25, 0.3) is 0 Å². The molecule has 0 fully saturated rings. The first-order chi connectivity index (χ1) is 21.6. The molecule has 1 N–H and O–H groups in total. The molecule has 0 bridgehead atoms. The number of fused-ring (bicyclic) bond motifs is 1. The van der Waals surface area contributed by atoms with Crippen molar-refractivity contribution < 1.29 is 14.2 Å². The number of aryl methyl sites for hydroxylation is 1. The van der Waals surface area contributed by atoms with Crippen LogP contribution in [0.2, 0.25) is 5.02 Å². The van der Waals surface area contributed by atoms with E-state index in [0.717, 1.165) is 110 Å². The molecule has 238 valence electrons. The Morgan fingerprint density at radius 3 is 2.32 bits per heavy atom. The highest BCUT2D eigenvalue weighted by molar-refractivity contribution is 6.30. The van der Waals surface area contributed by atoms with E-state index >= 15 is 0 Å². The van der Waals surface area contributed by atoms with E-state index in [1.165, 1.54) is 5.56 Å². The first kappa shape index (κ1) is 33.6. The van der Waals surface area contributed by atoms with Crippen molar-refractivity contribution in [1.82, 2.24) is 19.8 Å². The summed E-state index contributed by atoms with van der Waals surface area (Å²) in [5.41, 5.74) is 4.18. The minimum absolute atomic E-state index is 0.551. The maximum absolute atomic E-state index is 6.36. The molecule has 0 aliphatic heterocycles. The van der Waals surface area contributed by atoms with Crippen molar-refractivity contribution in [2.24, 2.45) is 0 Å². The van der Waals surface area contributed by atoms with Crippen molar-refractivity contribution in [3.63, 3.8) is 0 Å². The molecule has 0 atom stereocenters. The zero-order chi connectivity index (χ0) is 31.1. The molecule has 44 heavy (non-hydrogen) atoms. The highest BCUT2D eigenvalue weighted by Crippen LogP contribution is 2.36. The molecule has 0 aliphatic rings. The Balaban J connectivity index is 1.57. The Hall–Kier alpha value is -3.26. The summed E-state index contributed by atoms with van der Waals surface area (Å²) in [5, 5.41) is 4.09. The lowest BCUT2D eigenvalue weighted by molar-refractivity contribution is 0.249. The van der Waals surface area contributed by atoms with Gasteiger partial charge in [-0.1, -0.05) is 57.8 Å². The fourth-order valence-corrected chi connectivity index (χ4v) is 5.33. The van der Waals surface area contributed by atoms with Gasteiger partial charge >= 0.3 is 0 Å². The molecule has 8 heteroatoms. The Morgan fingerprint density at radius 2 is 1.57 bits per heavy atom. The molecule has 0 saturated carbocycles. The first-order valence-corrected chi connectivity index (χ1v) is 16.6. The maximum Gasteiger partial charge on any atom is 0.144 e. The summed E-state index contributed by atoms with van der Waals surface area (Å²) in [6.45, 7) is 16.2. The van der Waals surface area contributed by atoms with Crippen LogP contribution >= 0.6 is 11.6 Å². The van der Waals surface area contributed by atoms with Crippen LogP contribution in [-0.2, 0) is 13.0 Å². The van der Waals surface area contributed by atoms with Crippen LogP contribution < -0.4 is 19.5 Å². The first-order valence-electron chi connectivity index (χ1n) is 16.3. The second kappa shape index (κ2) is 17.9. The van der Waals surface area contributed by atoms with Crippen LogP contribution in [0.5, 0.6) is 17.2 Å². The SMILES string of the molecule is CCCCn1c(-c2ccc(OCCc3ccc(Cl)cc3)cc2OCCNCC)nc2ccc(OCCCN(CC)CC)cc21. The third-order valence-corrected chi connectivity index (χ3v) is 8.04. The molecule has 0 saturated heterocycles. The predicted octanol–water partition coefficient (Wildman–Crippen LogP) is 7.88. The number of likely N-dealkylation sites (N-methyl/N-ethyl adjacent to an activating group) is 1. The monoisotopic (exact) mass is 620 g/mol. The Kier molecular flexibility index (Phi) is 13.7. The lowest BCUT2D eigenvalue weighted by Gasteiger charge is -2.17. The Labute approximate surface area is 268 Å². The highest BCUT2D eigenvalue weighted by Gasteiger charge is 2.18. The van der Waals surface area contributed by atoms with Crippen molar-refractivity contribution >= 4 is 22.6 Å². The van der Waals surface area contributed by atoms with Gasteiger partial charge in [0.2, 0.25) is 0 Å². The summed E-state index contributed by atoms with van der Waals surface area (Å²) >= 11 is 6.04. The number of benzene rings is 3. The van der Waals surface area contributed by atoms with E-state index in [2.05, 4.69) is 60.7 Å². The van der Waals surface area contributed by atoms with Crippen molar-refractivity contribution in [2.75, 3.05) is 52.5 Å². The molecule has 0 spiro atoms. The number of hydrogen-bond acceptors (Lipinski definition) is 6. The maximum atomic E-state index is 6.36.